The standard InChI is InChI=1S/C10H14N8O/c11-7-4-17(1-2-19)15-10(7)16-18-5-9-8(12-6-18)3-13-14-9/h3-6,13-14,19H,1-2,11H2,(H,15,16). The molecule has 6 N–H and O–H groups in total. The van der Waals surface area contributed by atoms with Crippen molar-refractivity contribution in [2.75, 3.05) is 17.8 Å². The highest BCUT2D eigenvalue weighted by Crippen LogP contribution is 2.19. The maximum Gasteiger partial charge on any atom is 0.190 e. The highest BCUT2D eigenvalue weighted by Gasteiger charge is 2.16. The molecule has 3 rings (SSSR count). The number of nitrogens with one attached hydrogen (secondary N) is 3. The van der Waals surface area contributed by atoms with E-state index in [9.17, 15) is 0 Å². The molecule has 19 heavy (non-hydrogen) atoms. The Bertz CT molecular complexity index is 572. The van der Waals surface area contributed by atoms with Crippen LogP contribution in [0.5, 0.6) is 0 Å². The summed E-state index contributed by atoms with van der Waals surface area (Å²) in [6.07, 6.45) is 6.87. The van der Waals surface area contributed by atoms with Gasteiger partial charge in [-0.25, -0.2) is 10.0 Å². The van der Waals surface area contributed by atoms with Crippen LogP contribution in [0.1, 0.15) is 0 Å². The normalized spacial score (nSPS) is 16.4. The average molecular weight is 262 g/mol. The van der Waals surface area contributed by atoms with Crippen molar-refractivity contribution >= 4 is 17.8 Å². The van der Waals surface area contributed by atoms with Gasteiger partial charge in [0.25, 0.3) is 0 Å². The zero-order valence-electron chi connectivity index (χ0n) is 10.0. The number of nitrogens with zero attached hydrogens (tertiary/aromatic N) is 4. The van der Waals surface area contributed by atoms with Crippen LogP contribution >= 0.6 is 0 Å². The monoisotopic (exact) mass is 262 g/mol. The lowest BCUT2D eigenvalue weighted by atomic mass is 10.3. The zero-order valence-corrected chi connectivity index (χ0v) is 10.0. The van der Waals surface area contributed by atoms with Crippen molar-refractivity contribution < 1.29 is 5.11 Å². The maximum atomic E-state index is 8.86. The minimum Gasteiger partial charge on any atom is -0.394 e. The summed E-state index contributed by atoms with van der Waals surface area (Å²) in [6.45, 7) is 0.416. The second kappa shape index (κ2) is 4.53. The van der Waals surface area contributed by atoms with Crippen LogP contribution in [0.2, 0.25) is 0 Å². The van der Waals surface area contributed by atoms with Gasteiger partial charge in [0, 0.05) is 6.20 Å². The van der Waals surface area contributed by atoms with Gasteiger partial charge in [-0.1, -0.05) is 0 Å². The molecule has 0 atom stereocenters. The quantitative estimate of drug-likeness (QED) is 0.468. The molecule has 2 aliphatic rings. The molecule has 9 heteroatoms. The summed E-state index contributed by atoms with van der Waals surface area (Å²) in [4.78, 5) is 4.23. The summed E-state index contributed by atoms with van der Waals surface area (Å²) in [5, 5.41) is 14.7. The summed E-state index contributed by atoms with van der Waals surface area (Å²) in [5.74, 6) is 0.509. The number of anilines is 2. The lowest BCUT2D eigenvalue weighted by molar-refractivity contribution is 0.269. The van der Waals surface area contributed by atoms with Crippen molar-refractivity contribution in [3.63, 3.8) is 0 Å². The van der Waals surface area contributed by atoms with Crippen LogP contribution in [0.3, 0.4) is 0 Å². The Kier molecular flexibility index (Phi) is 2.72. The van der Waals surface area contributed by atoms with Crippen LogP contribution in [0.25, 0.3) is 0 Å². The molecule has 1 aromatic heterocycles. The van der Waals surface area contributed by atoms with E-state index in [-0.39, 0.29) is 6.61 Å². The number of hydrogen-bond donors (Lipinski definition) is 5. The van der Waals surface area contributed by atoms with Crippen LogP contribution in [0.4, 0.5) is 11.5 Å². The van der Waals surface area contributed by atoms with Gasteiger partial charge in [-0.2, -0.15) is 5.10 Å². The highest BCUT2D eigenvalue weighted by molar-refractivity contribution is 5.68. The van der Waals surface area contributed by atoms with Gasteiger partial charge < -0.3 is 16.3 Å². The first-order valence-corrected chi connectivity index (χ1v) is 5.73. The summed E-state index contributed by atoms with van der Waals surface area (Å²) in [7, 11) is 0. The molecule has 0 amide bonds. The van der Waals surface area contributed by atoms with E-state index in [0.29, 0.717) is 18.1 Å². The number of aliphatic imine (C=N–C) groups is 1. The molecule has 0 aromatic carbocycles. The number of fused-ring (bicyclic) bond motifs is 1. The Morgan fingerprint density at radius 3 is 3.21 bits per heavy atom. The van der Waals surface area contributed by atoms with Crippen LogP contribution in [-0.2, 0) is 6.54 Å². The molecule has 0 fully saturated rings. The number of aromatic nitrogens is 2. The van der Waals surface area contributed by atoms with Crippen molar-refractivity contribution in [2.45, 2.75) is 6.54 Å². The minimum absolute atomic E-state index is 0.0134. The third kappa shape index (κ3) is 2.18. The van der Waals surface area contributed by atoms with E-state index in [1.807, 2.05) is 6.20 Å². The smallest absolute Gasteiger partial charge is 0.190 e. The predicted molar refractivity (Wildman–Crippen MR) is 70.1 cm³/mol. The first-order chi connectivity index (χ1) is 9.26. The highest BCUT2D eigenvalue weighted by atomic mass is 16.3. The third-order valence-electron chi connectivity index (χ3n) is 2.64. The molecule has 0 spiro atoms. The fraction of sp³-hybridized carbons (Fsp3) is 0.200. The Morgan fingerprint density at radius 1 is 1.47 bits per heavy atom. The van der Waals surface area contributed by atoms with Crippen LogP contribution in [-0.4, -0.2) is 32.8 Å². The van der Waals surface area contributed by atoms with Crippen LogP contribution < -0.4 is 22.0 Å². The Morgan fingerprint density at radius 2 is 2.37 bits per heavy atom. The second-order valence-corrected chi connectivity index (χ2v) is 4.03. The fourth-order valence-electron chi connectivity index (χ4n) is 1.75. The van der Waals surface area contributed by atoms with Gasteiger partial charge in [-0.3, -0.25) is 15.5 Å². The molecule has 100 valence electrons. The van der Waals surface area contributed by atoms with Crippen molar-refractivity contribution in [3.8, 4) is 0 Å². The van der Waals surface area contributed by atoms with Gasteiger partial charge in [0.05, 0.1) is 36.9 Å². The van der Waals surface area contributed by atoms with Crippen molar-refractivity contribution in [1.29, 1.82) is 0 Å². The minimum atomic E-state index is 0.0134. The van der Waals surface area contributed by atoms with E-state index in [4.69, 9.17) is 10.8 Å². The number of nitrogen functional groups attached to an aromatic ring is 1. The summed E-state index contributed by atoms with van der Waals surface area (Å²) >= 11 is 0. The number of aliphatic hydroxyl groups excluding tert-OH is 1. The van der Waals surface area contributed by atoms with Crippen LogP contribution in [0.15, 0.2) is 35.0 Å². The predicted octanol–water partition coefficient (Wildman–Crippen LogP) is -1.08. The first-order valence-electron chi connectivity index (χ1n) is 5.73. The molecule has 0 radical (unpaired) electrons. The first kappa shape index (κ1) is 11.4. The number of hydrazine groups is 2. The Hall–Kier alpha value is -2.68. The Labute approximate surface area is 109 Å². The summed E-state index contributed by atoms with van der Waals surface area (Å²) in [6, 6.07) is 0. The van der Waals surface area contributed by atoms with Crippen molar-refractivity contribution in [1.82, 2.24) is 25.6 Å². The number of nitrogens with two attached hydrogens (primary N) is 1. The van der Waals surface area contributed by atoms with E-state index >= 15 is 0 Å². The molecule has 0 bridgehead atoms. The van der Waals surface area contributed by atoms with Crippen LogP contribution in [0, 0.1) is 0 Å². The molecule has 0 unspecified atom stereocenters. The SMILES string of the molecule is Nc1cn(CCO)nc1NN1C=NC2=CNNC2=C1. The summed E-state index contributed by atoms with van der Waals surface area (Å²) in [5.41, 5.74) is 16.8. The molecule has 3 heterocycles. The molecular formula is C10H14N8O. The Balaban J connectivity index is 1.74. The molecule has 9 nitrogen and oxygen atoms in total. The number of rotatable bonds is 4. The van der Waals surface area contributed by atoms with E-state index in [0.717, 1.165) is 11.4 Å². The number of hydrogen-bond acceptors (Lipinski definition) is 8. The van der Waals surface area contributed by atoms with Gasteiger partial charge in [-0.05, 0) is 0 Å². The molecule has 0 saturated carbocycles. The molecule has 0 saturated heterocycles. The fourth-order valence-corrected chi connectivity index (χ4v) is 1.75. The van der Waals surface area contributed by atoms with E-state index in [1.165, 1.54) is 0 Å². The largest absolute Gasteiger partial charge is 0.394 e. The third-order valence-corrected chi connectivity index (χ3v) is 2.64. The van der Waals surface area contributed by atoms with Gasteiger partial charge in [-0.15, -0.1) is 0 Å². The van der Waals surface area contributed by atoms with Gasteiger partial charge in [0.2, 0.25) is 0 Å². The molecule has 0 aliphatic carbocycles. The average Bonchev–Trinajstić information content (AvgIpc) is 2.97. The van der Waals surface area contributed by atoms with Gasteiger partial charge in [0.1, 0.15) is 12.0 Å². The van der Waals surface area contributed by atoms with Crippen molar-refractivity contribution in [3.05, 3.63) is 30.0 Å². The molecular weight excluding hydrogens is 248 g/mol. The number of aliphatic hydroxyl groups is 1. The maximum absolute atomic E-state index is 8.86. The van der Waals surface area contributed by atoms with Crippen molar-refractivity contribution in [2.24, 2.45) is 4.99 Å². The molecule has 1 aromatic rings. The van der Waals surface area contributed by atoms with E-state index in [1.54, 1.807) is 28.4 Å². The zero-order chi connectivity index (χ0) is 13.2. The second-order valence-electron chi connectivity index (χ2n) is 4.03. The topological polar surface area (TPSA) is 116 Å². The van der Waals surface area contributed by atoms with E-state index < -0.39 is 0 Å². The van der Waals surface area contributed by atoms with Gasteiger partial charge >= 0.3 is 0 Å². The lowest BCUT2D eigenvalue weighted by Crippen LogP contribution is -2.29. The lowest BCUT2D eigenvalue weighted by Gasteiger charge is -2.20. The molecule has 2 aliphatic heterocycles. The van der Waals surface area contributed by atoms with E-state index in [2.05, 4.69) is 26.4 Å². The van der Waals surface area contributed by atoms with Gasteiger partial charge in [0.15, 0.2) is 5.82 Å². The summed E-state index contributed by atoms with van der Waals surface area (Å²) < 4.78 is 1.58.